The summed E-state index contributed by atoms with van der Waals surface area (Å²) < 4.78 is 10.8. The molecule has 3 heteroatoms. The second-order valence-corrected chi connectivity index (χ2v) is 4.23. The minimum Gasteiger partial charge on any atom is -0.454 e. The molecule has 0 amide bonds. The van der Waals surface area contributed by atoms with Crippen molar-refractivity contribution in [2.45, 2.75) is 6.42 Å². The van der Waals surface area contributed by atoms with Gasteiger partial charge in [-0.05, 0) is 30.2 Å². The zero-order valence-electron chi connectivity index (χ0n) is 9.22. The Balaban J connectivity index is 1.92. The molecule has 4 rings (SSSR count). The lowest BCUT2D eigenvalue weighted by Gasteiger charge is -2.27. The number of hydrogen-bond donors (Lipinski definition) is 0. The number of allylic oxidation sites excluding steroid dienone is 2. The first-order valence-corrected chi connectivity index (χ1v) is 5.69. The van der Waals surface area contributed by atoms with E-state index in [0.717, 1.165) is 17.9 Å². The summed E-state index contributed by atoms with van der Waals surface area (Å²) in [6.45, 7) is 0.324. The molecule has 0 bridgehead atoms. The molecule has 1 aromatic carbocycles. The fourth-order valence-corrected chi connectivity index (χ4v) is 2.40. The van der Waals surface area contributed by atoms with Crippen LogP contribution < -0.4 is 9.47 Å². The lowest BCUT2D eigenvalue weighted by molar-refractivity contribution is 0.174. The van der Waals surface area contributed by atoms with Crippen molar-refractivity contribution in [2.24, 2.45) is 0 Å². The van der Waals surface area contributed by atoms with E-state index in [2.05, 4.69) is 41.6 Å². The zero-order chi connectivity index (χ0) is 11.2. The molecule has 3 aliphatic rings. The van der Waals surface area contributed by atoms with E-state index in [9.17, 15) is 0 Å². The van der Waals surface area contributed by atoms with Gasteiger partial charge in [-0.15, -0.1) is 0 Å². The molecule has 0 spiro atoms. The van der Waals surface area contributed by atoms with Gasteiger partial charge in [-0.3, -0.25) is 0 Å². The second-order valence-electron chi connectivity index (χ2n) is 4.23. The third kappa shape index (κ3) is 1.22. The number of hydrogen-bond acceptors (Lipinski definition) is 3. The zero-order valence-corrected chi connectivity index (χ0v) is 9.22. The molecule has 0 saturated carbocycles. The topological polar surface area (TPSA) is 21.7 Å². The van der Waals surface area contributed by atoms with Crippen LogP contribution >= 0.6 is 0 Å². The highest BCUT2D eigenvalue weighted by atomic mass is 16.7. The molecule has 0 N–H and O–H groups in total. The SMILES string of the molecule is C1=CN2C=Cc3cc4c(cc3C2=CC1)OCO4. The Kier molecular flexibility index (Phi) is 1.66. The largest absolute Gasteiger partial charge is 0.454 e. The van der Waals surface area contributed by atoms with Gasteiger partial charge in [0.2, 0.25) is 6.79 Å². The van der Waals surface area contributed by atoms with Crippen molar-refractivity contribution in [2.75, 3.05) is 6.79 Å². The van der Waals surface area contributed by atoms with Crippen molar-refractivity contribution in [3.05, 3.63) is 47.8 Å². The predicted octanol–water partition coefficient (Wildman–Crippen LogP) is 2.96. The van der Waals surface area contributed by atoms with Crippen LogP contribution in [-0.4, -0.2) is 11.7 Å². The van der Waals surface area contributed by atoms with E-state index in [1.165, 1.54) is 16.8 Å². The summed E-state index contributed by atoms with van der Waals surface area (Å²) in [7, 11) is 0. The fourth-order valence-electron chi connectivity index (χ4n) is 2.40. The molecule has 0 aromatic heterocycles. The molecular weight excluding hydrogens is 214 g/mol. The van der Waals surface area contributed by atoms with Crippen LogP contribution in [0.15, 0.2) is 36.7 Å². The van der Waals surface area contributed by atoms with Gasteiger partial charge in [-0.2, -0.15) is 0 Å². The molecule has 84 valence electrons. The van der Waals surface area contributed by atoms with Gasteiger partial charge in [-0.1, -0.05) is 12.2 Å². The predicted molar refractivity (Wildman–Crippen MR) is 65.2 cm³/mol. The molecule has 0 aliphatic carbocycles. The highest BCUT2D eigenvalue weighted by molar-refractivity contribution is 5.81. The van der Waals surface area contributed by atoms with Gasteiger partial charge < -0.3 is 14.4 Å². The second kappa shape index (κ2) is 3.17. The molecule has 3 aliphatic heterocycles. The Morgan fingerprint density at radius 2 is 1.94 bits per heavy atom. The molecule has 3 nitrogen and oxygen atoms in total. The number of nitrogens with zero attached hydrogens (tertiary/aromatic N) is 1. The molecule has 0 unspecified atom stereocenters. The van der Waals surface area contributed by atoms with Crippen LogP contribution in [0.1, 0.15) is 17.5 Å². The first-order valence-electron chi connectivity index (χ1n) is 5.69. The molecule has 0 radical (unpaired) electrons. The number of benzene rings is 1. The number of rotatable bonds is 0. The standard InChI is InChI=1S/C14H11NO2/c1-2-5-15-6-4-10-7-13-14(17-9-16-13)8-11(10)12(15)3-1/h2-8H,1,9H2. The monoisotopic (exact) mass is 225 g/mol. The minimum atomic E-state index is 0.324. The van der Waals surface area contributed by atoms with Crippen molar-refractivity contribution in [1.29, 1.82) is 0 Å². The highest BCUT2D eigenvalue weighted by Crippen LogP contribution is 2.41. The lowest BCUT2D eigenvalue weighted by Crippen LogP contribution is -2.14. The van der Waals surface area contributed by atoms with E-state index >= 15 is 0 Å². The highest BCUT2D eigenvalue weighted by Gasteiger charge is 2.22. The summed E-state index contributed by atoms with van der Waals surface area (Å²) in [6.07, 6.45) is 11.6. The van der Waals surface area contributed by atoms with Crippen LogP contribution in [0.25, 0.3) is 11.8 Å². The lowest BCUT2D eigenvalue weighted by atomic mass is 9.98. The van der Waals surface area contributed by atoms with Gasteiger partial charge >= 0.3 is 0 Å². The summed E-state index contributed by atoms with van der Waals surface area (Å²) in [4.78, 5) is 2.13. The minimum absolute atomic E-state index is 0.324. The maximum Gasteiger partial charge on any atom is 0.231 e. The summed E-state index contributed by atoms with van der Waals surface area (Å²) >= 11 is 0. The average Bonchev–Trinajstić information content (AvgIpc) is 2.83. The third-order valence-corrected chi connectivity index (χ3v) is 3.23. The Hall–Kier alpha value is -2.16. The number of ether oxygens (including phenoxy) is 2. The van der Waals surface area contributed by atoms with Crippen LogP contribution in [0.2, 0.25) is 0 Å². The first-order chi connectivity index (χ1) is 8.42. The van der Waals surface area contributed by atoms with E-state index in [1.807, 2.05) is 6.07 Å². The van der Waals surface area contributed by atoms with Gasteiger partial charge in [0.15, 0.2) is 11.5 Å². The Labute approximate surface area is 99.3 Å². The normalized spacial score (nSPS) is 18.8. The molecule has 0 saturated heterocycles. The quantitative estimate of drug-likeness (QED) is 0.677. The summed E-state index contributed by atoms with van der Waals surface area (Å²) in [5, 5.41) is 0. The van der Waals surface area contributed by atoms with E-state index in [-0.39, 0.29) is 0 Å². The Morgan fingerprint density at radius 1 is 1.06 bits per heavy atom. The Bertz CT molecular complexity index is 584. The number of fused-ring (bicyclic) bond motifs is 4. The van der Waals surface area contributed by atoms with E-state index in [0.29, 0.717) is 6.79 Å². The van der Waals surface area contributed by atoms with Gasteiger partial charge in [-0.25, -0.2) is 0 Å². The maximum atomic E-state index is 5.43. The van der Waals surface area contributed by atoms with Crippen LogP contribution in [-0.2, 0) is 0 Å². The maximum absolute atomic E-state index is 5.43. The van der Waals surface area contributed by atoms with Crippen molar-refractivity contribution < 1.29 is 9.47 Å². The fraction of sp³-hybridized carbons (Fsp3) is 0.143. The smallest absolute Gasteiger partial charge is 0.231 e. The van der Waals surface area contributed by atoms with Crippen LogP contribution in [0.3, 0.4) is 0 Å². The molecule has 3 heterocycles. The van der Waals surface area contributed by atoms with Gasteiger partial charge in [0.1, 0.15) is 0 Å². The summed E-state index contributed by atoms with van der Waals surface area (Å²) in [6, 6.07) is 4.11. The van der Waals surface area contributed by atoms with E-state index in [4.69, 9.17) is 9.47 Å². The molecule has 0 atom stereocenters. The van der Waals surface area contributed by atoms with Crippen LogP contribution in [0.5, 0.6) is 11.5 Å². The van der Waals surface area contributed by atoms with Gasteiger partial charge in [0.05, 0.1) is 0 Å². The van der Waals surface area contributed by atoms with Crippen LogP contribution in [0, 0.1) is 0 Å². The van der Waals surface area contributed by atoms with Crippen molar-refractivity contribution >= 4 is 11.8 Å². The van der Waals surface area contributed by atoms with Crippen molar-refractivity contribution in [3.8, 4) is 11.5 Å². The van der Waals surface area contributed by atoms with Crippen LogP contribution in [0.4, 0.5) is 0 Å². The van der Waals surface area contributed by atoms with Crippen molar-refractivity contribution in [3.63, 3.8) is 0 Å². The first kappa shape index (κ1) is 8.93. The van der Waals surface area contributed by atoms with Crippen molar-refractivity contribution in [1.82, 2.24) is 4.90 Å². The third-order valence-electron chi connectivity index (χ3n) is 3.23. The van der Waals surface area contributed by atoms with E-state index in [1.54, 1.807) is 0 Å². The molecule has 17 heavy (non-hydrogen) atoms. The average molecular weight is 225 g/mol. The molecule has 1 aromatic rings. The van der Waals surface area contributed by atoms with E-state index < -0.39 is 0 Å². The molecular formula is C14H11NO2. The molecule has 0 fully saturated rings. The van der Waals surface area contributed by atoms with Gasteiger partial charge in [0, 0.05) is 23.7 Å². The Morgan fingerprint density at radius 3 is 2.88 bits per heavy atom. The van der Waals surface area contributed by atoms with Gasteiger partial charge in [0.25, 0.3) is 0 Å². The summed E-state index contributed by atoms with van der Waals surface area (Å²) in [5.41, 5.74) is 3.62. The summed E-state index contributed by atoms with van der Waals surface area (Å²) in [5.74, 6) is 1.68.